The molecule has 0 radical (unpaired) electrons. The van der Waals surface area contributed by atoms with Gasteiger partial charge in [0.25, 0.3) is 0 Å². The zero-order valence-corrected chi connectivity index (χ0v) is 16.7. The molecule has 1 aliphatic heterocycles. The molecule has 0 saturated carbocycles. The molecule has 1 atom stereocenters. The van der Waals surface area contributed by atoms with E-state index in [0.717, 1.165) is 25.1 Å². The molecule has 0 N–H and O–H groups in total. The Hall–Kier alpha value is -0.130. The second-order valence-electron chi connectivity index (χ2n) is 5.37. The van der Waals surface area contributed by atoms with Crippen molar-refractivity contribution in [3.63, 3.8) is 0 Å². The molecule has 0 aromatic heterocycles. The standard InChI is InChI=1S/C17H24BrNOS2/c1-4-13-7-6-8-14(5-2)16(13)19(17(20)12(3)18)11-15-21-9-10-22-15/h6-8,12,15H,4-5,9-11H2,1-3H3. The summed E-state index contributed by atoms with van der Waals surface area (Å²) in [5.41, 5.74) is 3.69. The number of halogens is 1. The van der Waals surface area contributed by atoms with Crippen molar-refractivity contribution >= 4 is 51.0 Å². The first-order chi connectivity index (χ1) is 10.6. The first-order valence-electron chi connectivity index (χ1n) is 7.87. The Labute approximate surface area is 150 Å². The Bertz CT molecular complexity index is 493. The highest BCUT2D eigenvalue weighted by Crippen LogP contribution is 2.36. The fourth-order valence-electron chi connectivity index (χ4n) is 2.73. The molecule has 1 amide bonds. The first-order valence-corrected chi connectivity index (χ1v) is 10.9. The lowest BCUT2D eigenvalue weighted by Crippen LogP contribution is -2.40. The molecule has 0 bridgehead atoms. The van der Waals surface area contributed by atoms with Crippen LogP contribution < -0.4 is 4.90 Å². The predicted octanol–water partition coefficient (Wildman–Crippen LogP) is 4.73. The average Bonchev–Trinajstić information content (AvgIpc) is 3.04. The number of thioether (sulfide) groups is 2. The second kappa shape index (κ2) is 8.65. The van der Waals surface area contributed by atoms with E-state index in [-0.39, 0.29) is 10.7 Å². The van der Waals surface area contributed by atoms with Crippen LogP contribution in [0.2, 0.25) is 0 Å². The summed E-state index contributed by atoms with van der Waals surface area (Å²) in [4.78, 5) is 14.7. The molecule has 5 heteroatoms. The molecule has 1 aliphatic rings. The molecule has 1 saturated heterocycles. The molecule has 22 heavy (non-hydrogen) atoms. The van der Waals surface area contributed by atoms with Gasteiger partial charge < -0.3 is 4.90 Å². The van der Waals surface area contributed by atoms with Crippen LogP contribution in [0.15, 0.2) is 18.2 Å². The van der Waals surface area contributed by atoms with Crippen molar-refractivity contribution in [1.29, 1.82) is 0 Å². The molecule has 1 heterocycles. The number of benzene rings is 1. The number of para-hydroxylation sites is 1. The lowest BCUT2D eigenvalue weighted by atomic mass is 10.0. The van der Waals surface area contributed by atoms with Gasteiger partial charge in [-0.25, -0.2) is 0 Å². The van der Waals surface area contributed by atoms with E-state index in [1.165, 1.54) is 22.6 Å². The van der Waals surface area contributed by atoms with Crippen LogP contribution in [-0.4, -0.2) is 33.4 Å². The Morgan fingerprint density at radius 1 is 1.27 bits per heavy atom. The summed E-state index contributed by atoms with van der Waals surface area (Å²) in [5, 5.41) is 0. The van der Waals surface area contributed by atoms with Crippen molar-refractivity contribution in [1.82, 2.24) is 0 Å². The number of carbonyl (C=O) groups is 1. The molecular formula is C17H24BrNOS2. The van der Waals surface area contributed by atoms with E-state index in [4.69, 9.17) is 0 Å². The van der Waals surface area contributed by atoms with E-state index < -0.39 is 0 Å². The summed E-state index contributed by atoms with van der Waals surface area (Å²) in [6.45, 7) is 7.05. The normalized spacial score (nSPS) is 16.7. The van der Waals surface area contributed by atoms with Gasteiger partial charge in [0.2, 0.25) is 5.91 Å². The van der Waals surface area contributed by atoms with Gasteiger partial charge in [-0.3, -0.25) is 4.79 Å². The van der Waals surface area contributed by atoms with Crippen molar-refractivity contribution < 1.29 is 4.79 Å². The highest BCUT2D eigenvalue weighted by molar-refractivity contribution is 9.10. The highest BCUT2D eigenvalue weighted by atomic mass is 79.9. The molecular weight excluding hydrogens is 378 g/mol. The lowest BCUT2D eigenvalue weighted by Gasteiger charge is -2.30. The summed E-state index contributed by atoms with van der Waals surface area (Å²) >= 11 is 7.43. The lowest BCUT2D eigenvalue weighted by molar-refractivity contribution is -0.117. The molecule has 122 valence electrons. The fourth-order valence-corrected chi connectivity index (χ4v) is 5.74. The molecule has 0 spiro atoms. The topological polar surface area (TPSA) is 20.3 Å². The molecule has 2 nitrogen and oxygen atoms in total. The zero-order chi connectivity index (χ0) is 16.1. The van der Waals surface area contributed by atoms with Gasteiger partial charge in [0, 0.05) is 18.1 Å². The molecule has 1 aromatic carbocycles. The SMILES string of the molecule is CCc1cccc(CC)c1N(CC1SCCS1)C(=O)C(C)Br. The van der Waals surface area contributed by atoms with E-state index in [2.05, 4.69) is 48.0 Å². The smallest absolute Gasteiger partial charge is 0.240 e. The third-order valence-electron chi connectivity index (χ3n) is 3.86. The van der Waals surface area contributed by atoms with Crippen molar-refractivity contribution in [2.24, 2.45) is 0 Å². The fraction of sp³-hybridized carbons (Fsp3) is 0.588. The van der Waals surface area contributed by atoms with Crippen LogP contribution in [0.1, 0.15) is 31.9 Å². The van der Waals surface area contributed by atoms with Gasteiger partial charge in [-0.15, -0.1) is 23.5 Å². The maximum Gasteiger partial charge on any atom is 0.240 e. The van der Waals surface area contributed by atoms with Crippen LogP contribution in [-0.2, 0) is 17.6 Å². The van der Waals surface area contributed by atoms with E-state index in [0.29, 0.717) is 4.58 Å². The molecule has 1 unspecified atom stereocenters. The third-order valence-corrected chi connectivity index (χ3v) is 7.25. The summed E-state index contributed by atoms with van der Waals surface area (Å²) < 4.78 is 0.491. The molecule has 1 aromatic rings. The summed E-state index contributed by atoms with van der Waals surface area (Å²) in [6, 6.07) is 6.42. The number of rotatable bonds is 6. The second-order valence-corrected chi connectivity index (χ2v) is 9.66. The third kappa shape index (κ3) is 4.24. The van der Waals surface area contributed by atoms with Crippen molar-refractivity contribution in [2.45, 2.75) is 43.0 Å². The maximum absolute atomic E-state index is 12.8. The quantitative estimate of drug-likeness (QED) is 0.642. The predicted molar refractivity (Wildman–Crippen MR) is 105 cm³/mol. The number of anilines is 1. The minimum Gasteiger partial charge on any atom is -0.309 e. The van der Waals surface area contributed by atoms with E-state index in [1.54, 1.807) is 0 Å². The maximum atomic E-state index is 12.8. The van der Waals surface area contributed by atoms with Crippen molar-refractivity contribution in [3.05, 3.63) is 29.3 Å². The highest BCUT2D eigenvalue weighted by Gasteiger charge is 2.28. The number of aryl methyl sites for hydroxylation is 2. The number of nitrogens with zero attached hydrogens (tertiary/aromatic N) is 1. The largest absolute Gasteiger partial charge is 0.309 e. The van der Waals surface area contributed by atoms with Crippen LogP contribution >= 0.6 is 39.5 Å². The van der Waals surface area contributed by atoms with E-state index in [1.807, 2.05) is 35.3 Å². The number of alkyl halides is 1. The Morgan fingerprint density at radius 3 is 2.27 bits per heavy atom. The van der Waals surface area contributed by atoms with Gasteiger partial charge in [-0.05, 0) is 30.9 Å². The van der Waals surface area contributed by atoms with Gasteiger partial charge in [0.05, 0.1) is 15.1 Å². The van der Waals surface area contributed by atoms with Crippen LogP contribution in [0.3, 0.4) is 0 Å². The van der Waals surface area contributed by atoms with Crippen molar-refractivity contribution in [3.8, 4) is 0 Å². The Balaban J connectivity index is 2.41. The number of hydrogen-bond acceptors (Lipinski definition) is 3. The van der Waals surface area contributed by atoms with Crippen LogP contribution in [0, 0.1) is 0 Å². The van der Waals surface area contributed by atoms with Gasteiger partial charge in [-0.2, -0.15) is 0 Å². The van der Waals surface area contributed by atoms with Crippen LogP contribution in [0.25, 0.3) is 0 Å². The molecule has 2 rings (SSSR count). The van der Waals surface area contributed by atoms with Crippen LogP contribution in [0.4, 0.5) is 5.69 Å². The zero-order valence-electron chi connectivity index (χ0n) is 13.5. The van der Waals surface area contributed by atoms with E-state index in [9.17, 15) is 4.79 Å². The first kappa shape index (κ1) is 18.2. The minimum absolute atomic E-state index is 0.154. The number of amides is 1. The summed E-state index contributed by atoms with van der Waals surface area (Å²) in [7, 11) is 0. The molecule has 1 fully saturated rings. The minimum atomic E-state index is -0.154. The summed E-state index contributed by atoms with van der Waals surface area (Å²) in [5.74, 6) is 2.55. The van der Waals surface area contributed by atoms with E-state index >= 15 is 0 Å². The number of carbonyl (C=O) groups excluding carboxylic acids is 1. The van der Waals surface area contributed by atoms with Gasteiger partial charge in [0.1, 0.15) is 0 Å². The van der Waals surface area contributed by atoms with Crippen molar-refractivity contribution in [2.75, 3.05) is 23.0 Å². The van der Waals surface area contributed by atoms with Gasteiger partial charge >= 0.3 is 0 Å². The summed E-state index contributed by atoms with van der Waals surface area (Å²) in [6.07, 6.45) is 1.91. The number of hydrogen-bond donors (Lipinski definition) is 0. The van der Waals surface area contributed by atoms with Gasteiger partial charge in [-0.1, -0.05) is 48.0 Å². The Kier molecular flexibility index (Phi) is 7.16. The monoisotopic (exact) mass is 401 g/mol. The average molecular weight is 402 g/mol. The van der Waals surface area contributed by atoms with Crippen LogP contribution in [0.5, 0.6) is 0 Å². The Morgan fingerprint density at radius 2 is 1.82 bits per heavy atom. The van der Waals surface area contributed by atoms with Gasteiger partial charge in [0.15, 0.2) is 0 Å². The molecule has 0 aliphatic carbocycles.